The first kappa shape index (κ1) is 27.5. The van der Waals surface area contributed by atoms with Gasteiger partial charge in [-0.15, -0.1) is 0 Å². The molecule has 0 aromatic carbocycles. The lowest BCUT2D eigenvalue weighted by molar-refractivity contribution is -0.230. The Labute approximate surface area is 215 Å². The summed E-state index contributed by atoms with van der Waals surface area (Å²) in [7, 11) is 0. The largest absolute Gasteiger partial charge is 0.481 e. The molecule has 2 fully saturated rings. The van der Waals surface area contributed by atoms with Crippen LogP contribution in [0.4, 0.5) is 0 Å². The second-order valence-electron chi connectivity index (χ2n) is 13.7. The average Bonchev–Trinajstić information content (AvgIpc) is 2.81. The molecule has 0 bridgehead atoms. The summed E-state index contributed by atoms with van der Waals surface area (Å²) in [6, 6.07) is 0. The van der Waals surface area contributed by atoms with Crippen LogP contribution in [0.25, 0.3) is 0 Å². The van der Waals surface area contributed by atoms with Crippen molar-refractivity contribution in [1.82, 2.24) is 0 Å². The number of fused-ring (bicyclic) bond motifs is 5. The third kappa shape index (κ3) is 3.61. The van der Waals surface area contributed by atoms with E-state index in [1.807, 2.05) is 19.9 Å². The molecule has 6 heteroatoms. The Kier molecular flexibility index (Phi) is 6.71. The highest BCUT2D eigenvalue weighted by atomic mass is 16.4. The van der Waals surface area contributed by atoms with Gasteiger partial charge in [-0.1, -0.05) is 52.8 Å². The zero-order chi connectivity index (χ0) is 26.9. The van der Waals surface area contributed by atoms with Crippen molar-refractivity contribution < 1.29 is 30.0 Å². The van der Waals surface area contributed by atoms with Crippen molar-refractivity contribution in [2.24, 2.45) is 44.8 Å². The lowest BCUT2D eigenvalue weighted by atomic mass is 9.36. The third-order valence-electron chi connectivity index (χ3n) is 12.0. The van der Waals surface area contributed by atoms with E-state index in [1.165, 1.54) is 0 Å². The van der Waals surface area contributed by atoms with Gasteiger partial charge in [0.05, 0.1) is 24.2 Å². The molecular weight excluding hydrogens is 456 g/mol. The molecule has 2 saturated carbocycles. The van der Waals surface area contributed by atoms with Crippen molar-refractivity contribution in [1.29, 1.82) is 0 Å². The van der Waals surface area contributed by atoms with Gasteiger partial charge in [0.1, 0.15) is 5.78 Å². The molecule has 6 nitrogen and oxygen atoms in total. The van der Waals surface area contributed by atoms with Crippen LogP contribution in [0.5, 0.6) is 0 Å². The molecule has 4 aliphatic carbocycles. The van der Waals surface area contributed by atoms with E-state index in [2.05, 4.69) is 32.9 Å². The standard InChI is InChI=1S/C30H46O6/c1-18(19(2)32)9-12-30(25(35)36)14-13-28(5)20(15-30)7-8-23-26(3)16-21(33)24(34)27(4,17-31)22(26)10-11-29(23,28)6/h7-8,15,18,21-24,31,33-34H,9-14,16-17H2,1-6H3,(H,35,36). The van der Waals surface area contributed by atoms with Crippen LogP contribution < -0.4 is 0 Å². The van der Waals surface area contributed by atoms with Crippen LogP contribution in [-0.4, -0.2) is 51.0 Å². The number of Topliss-reactive ketones (excluding diaryl/α,β-unsaturated/α-hetero) is 1. The van der Waals surface area contributed by atoms with E-state index in [0.717, 1.165) is 24.8 Å². The van der Waals surface area contributed by atoms with E-state index >= 15 is 0 Å². The minimum absolute atomic E-state index is 0.0695. The first-order valence-electron chi connectivity index (χ1n) is 13.7. The first-order valence-corrected chi connectivity index (χ1v) is 13.7. The monoisotopic (exact) mass is 502 g/mol. The number of rotatable bonds is 6. The van der Waals surface area contributed by atoms with Crippen molar-refractivity contribution in [3.8, 4) is 0 Å². The topological polar surface area (TPSA) is 115 Å². The van der Waals surface area contributed by atoms with Crippen LogP contribution in [0, 0.1) is 44.8 Å². The summed E-state index contributed by atoms with van der Waals surface area (Å²) in [5.74, 6) is -0.668. The maximum atomic E-state index is 12.6. The van der Waals surface area contributed by atoms with Crippen molar-refractivity contribution in [2.75, 3.05) is 6.61 Å². The molecule has 0 heterocycles. The fourth-order valence-corrected chi connectivity index (χ4v) is 9.03. The molecule has 4 rings (SSSR count). The maximum absolute atomic E-state index is 12.6. The van der Waals surface area contributed by atoms with Gasteiger partial charge >= 0.3 is 5.97 Å². The maximum Gasteiger partial charge on any atom is 0.313 e. The zero-order valence-corrected chi connectivity index (χ0v) is 22.9. The van der Waals surface area contributed by atoms with Gasteiger partial charge in [0.25, 0.3) is 0 Å². The number of carboxylic acid groups (broad SMARTS) is 1. The van der Waals surface area contributed by atoms with E-state index in [1.54, 1.807) is 6.92 Å². The van der Waals surface area contributed by atoms with Crippen LogP contribution in [0.3, 0.4) is 0 Å². The Balaban J connectivity index is 1.76. The number of hydrogen-bond donors (Lipinski definition) is 4. The second-order valence-corrected chi connectivity index (χ2v) is 13.7. The summed E-state index contributed by atoms with van der Waals surface area (Å²) in [6.07, 6.45) is 9.06. The van der Waals surface area contributed by atoms with Gasteiger partial charge in [-0.05, 0) is 85.5 Å². The quantitative estimate of drug-likeness (QED) is 0.424. The van der Waals surface area contributed by atoms with E-state index in [-0.39, 0.29) is 46.4 Å². The zero-order valence-electron chi connectivity index (χ0n) is 22.9. The van der Waals surface area contributed by atoms with Crippen LogP contribution >= 0.6 is 0 Å². The molecular formula is C30H46O6. The number of aliphatic hydroxyl groups is 3. The van der Waals surface area contributed by atoms with Crippen molar-refractivity contribution in [2.45, 2.75) is 98.7 Å². The lowest BCUT2D eigenvalue weighted by Gasteiger charge is -2.69. The molecule has 10 unspecified atom stereocenters. The van der Waals surface area contributed by atoms with Gasteiger partial charge in [0.15, 0.2) is 0 Å². The predicted molar refractivity (Wildman–Crippen MR) is 138 cm³/mol. The van der Waals surface area contributed by atoms with Crippen LogP contribution in [0.2, 0.25) is 0 Å². The number of ketones is 1. The molecule has 4 N–H and O–H groups in total. The minimum Gasteiger partial charge on any atom is -0.481 e. The summed E-state index contributed by atoms with van der Waals surface area (Å²) >= 11 is 0. The number of allylic oxidation sites excluding steroid dienone is 3. The van der Waals surface area contributed by atoms with E-state index in [4.69, 9.17) is 0 Å². The molecule has 0 amide bonds. The van der Waals surface area contributed by atoms with Crippen molar-refractivity contribution >= 4 is 11.8 Å². The van der Waals surface area contributed by atoms with Gasteiger partial charge in [0, 0.05) is 11.3 Å². The Hall–Kier alpha value is -1.50. The lowest BCUT2D eigenvalue weighted by Crippen LogP contribution is -2.66. The smallest absolute Gasteiger partial charge is 0.313 e. The molecule has 0 aromatic heterocycles. The minimum atomic E-state index is -0.964. The van der Waals surface area contributed by atoms with Gasteiger partial charge in [-0.3, -0.25) is 9.59 Å². The fourth-order valence-electron chi connectivity index (χ4n) is 9.03. The molecule has 0 spiro atoms. The molecule has 10 atom stereocenters. The van der Waals surface area contributed by atoms with Gasteiger partial charge in [-0.2, -0.15) is 0 Å². The number of aliphatic hydroxyl groups excluding tert-OH is 3. The molecule has 4 aliphatic rings. The van der Waals surface area contributed by atoms with Crippen molar-refractivity contribution in [3.63, 3.8) is 0 Å². The molecule has 0 radical (unpaired) electrons. The van der Waals surface area contributed by atoms with E-state index in [9.17, 15) is 30.0 Å². The summed E-state index contributed by atoms with van der Waals surface area (Å²) in [6.45, 7) is 12.0. The average molecular weight is 503 g/mol. The molecule has 0 aliphatic heterocycles. The van der Waals surface area contributed by atoms with Gasteiger partial charge in [0.2, 0.25) is 0 Å². The third-order valence-corrected chi connectivity index (χ3v) is 12.0. The number of hydrogen-bond acceptors (Lipinski definition) is 5. The molecule has 202 valence electrons. The number of carbonyl (C=O) groups is 2. The van der Waals surface area contributed by atoms with Crippen LogP contribution in [0.1, 0.15) is 86.5 Å². The Morgan fingerprint density at radius 3 is 2.36 bits per heavy atom. The highest BCUT2D eigenvalue weighted by Gasteiger charge is 2.68. The number of carbonyl (C=O) groups excluding carboxylic acids is 1. The number of carboxylic acids is 1. The SMILES string of the molecule is CC(=O)C(C)CCC1(C(=O)O)C=C2C=CC3C4(C)CC(O)C(O)C(C)(CO)C4CCC3(C)C2(C)CC1. The summed E-state index contributed by atoms with van der Waals surface area (Å²) < 4.78 is 0. The molecule has 36 heavy (non-hydrogen) atoms. The summed E-state index contributed by atoms with van der Waals surface area (Å²) in [4.78, 5) is 24.4. The van der Waals surface area contributed by atoms with E-state index in [0.29, 0.717) is 25.7 Å². The molecule has 0 saturated heterocycles. The Bertz CT molecular complexity index is 986. The van der Waals surface area contributed by atoms with Crippen LogP contribution in [0.15, 0.2) is 23.8 Å². The van der Waals surface area contributed by atoms with Gasteiger partial charge in [-0.25, -0.2) is 0 Å². The van der Waals surface area contributed by atoms with Gasteiger partial charge < -0.3 is 20.4 Å². The second kappa shape index (κ2) is 8.78. The number of aliphatic carboxylic acids is 1. The summed E-state index contributed by atoms with van der Waals surface area (Å²) in [5.41, 5.74) is -1.32. The fraction of sp³-hybridized carbons (Fsp3) is 0.800. The molecule has 0 aromatic rings. The van der Waals surface area contributed by atoms with Crippen molar-refractivity contribution in [3.05, 3.63) is 23.8 Å². The Morgan fingerprint density at radius 2 is 1.78 bits per heavy atom. The summed E-state index contributed by atoms with van der Waals surface area (Å²) in [5, 5.41) is 42.4. The highest BCUT2D eigenvalue weighted by Crippen LogP contribution is 2.72. The first-order chi connectivity index (χ1) is 16.6. The Morgan fingerprint density at radius 1 is 1.11 bits per heavy atom. The predicted octanol–water partition coefficient (Wildman–Crippen LogP) is 4.52. The normalized spacial score (nSPS) is 48.8. The van der Waals surface area contributed by atoms with E-state index < -0.39 is 29.0 Å². The van der Waals surface area contributed by atoms with Crippen LogP contribution in [-0.2, 0) is 9.59 Å². The highest BCUT2D eigenvalue weighted by molar-refractivity contribution is 5.79.